The molecule has 0 aliphatic heterocycles. The maximum absolute atomic E-state index is 13.1. The molecule has 4 rings (SSSR count). The average molecular weight is 505 g/mol. The third-order valence-corrected chi connectivity index (χ3v) is 8.02. The molecule has 3 aromatic rings. The second-order valence-corrected chi connectivity index (χ2v) is 14.1. The second-order valence-electron chi connectivity index (χ2n) is 9.98. The van der Waals surface area contributed by atoms with Gasteiger partial charge in [-0.2, -0.15) is 0 Å². The number of phenols is 1. The van der Waals surface area contributed by atoms with Gasteiger partial charge in [-0.05, 0) is 63.3 Å². The summed E-state index contributed by atoms with van der Waals surface area (Å²) in [6.45, 7) is 5.78. The molecule has 0 amide bonds. The van der Waals surface area contributed by atoms with Crippen molar-refractivity contribution in [2.24, 2.45) is 0 Å². The van der Waals surface area contributed by atoms with E-state index in [-0.39, 0.29) is 39.4 Å². The number of ether oxygens (including phenoxy) is 1. The largest absolute Gasteiger partial charge is 0.507 e. The minimum absolute atomic E-state index is 0.0236. The van der Waals surface area contributed by atoms with Gasteiger partial charge in [-0.3, -0.25) is 9.59 Å². The Morgan fingerprint density at radius 3 is 2.17 bits per heavy atom. The van der Waals surface area contributed by atoms with Crippen molar-refractivity contribution in [2.45, 2.75) is 32.0 Å². The smallest absolute Gasteiger partial charge is 0.198 e. The lowest BCUT2D eigenvalue weighted by Crippen LogP contribution is -2.28. The highest BCUT2D eigenvalue weighted by Gasteiger charge is 2.35. The second kappa shape index (κ2) is 10.3. The van der Waals surface area contributed by atoms with Crippen LogP contribution < -0.4 is 10.5 Å². The number of likely N-dealkylation sites (N-methyl/N-ethyl adjacent to an activating group) is 1. The van der Waals surface area contributed by atoms with Gasteiger partial charge in [-0.15, -0.1) is 0 Å². The number of nitrogen functional groups attached to an aromatic ring is 1. The van der Waals surface area contributed by atoms with Gasteiger partial charge in [0, 0.05) is 23.7 Å². The number of ketones is 2. The number of carbonyl (C=O) groups excluding carboxylic acids is 2. The molecule has 0 radical (unpaired) electrons. The fourth-order valence-electron chi connectivity index (χ4n) is 4.42. The van der Waals surface area contributed by atoms with Gasteiger partial charge in [0.25, 0.3) is 0 Å². The van der Waals surface area contributed by atoms with Crippen molar-refractivity contribution < 1.29 is 24.2 Å². The maximum Gasteiger partial charge on any atom is 0.198 e. The minimum atomic E-state index is -1.99. The summed E-state index contributed by atoms with van der Waals surface area (Å²) in [5.74, 6) is -0.568. The molecule has 3 aromatic carbocycles. The summed E-state index contributed by atoms with van der Waals surface area (Å²) in [7, 11) is 0.0936. The summed E-state index contributed by atoms with van der Waals surface area (Å²) in [6.07, 6.45) is 1.86. The average Bonchev–Trinajstić information content (AvgIpc) is 2.83. The molecule has 0 saturated carbocycles. The van der Waals surface area contributed by atoms with Crippen LogP contribution in [0, 0.1) is 0 Å². The summed E-state index contributed by atoms with van der Waals surface area (Å²) in [6, 6.07) is 16.2. The van der Waals surface area contributed by atoms with E-state index in [0.717, 1.165) is 37.5 Å². The number of rotatable bonds is 9. The zero-order valence-electron chi connectivity index (χ0n) is 20.9. The van der Waals surface area contributed by atoms with Crippen LogP contribution in [0.4, 0.5) is 5.69 Å². The highest BCUT2D eigenvalue weighted by molar-refractivity contribution is 6.69. The number of carbonyl (C=O) groups is 2. The zero-order valence-corrected chi connectivity index (χ0v) is 21.9. The van der Waals surface area contributed by atoms with Crippen molar-refractivity contribution >= 4 is 25.6 Å². The highest BCUT2D eigenvalue weighted by Crippen LogP contribution is 2.42. The molecule has 0 heterocycles. The van der Waals surface area contributed by atoms with Crippen molar-refractivity contribution in [3.63, 3.8) is 0 Å². The van der Waals surface area contributed by atoms with Gasteiger partial charge in [0.1, 0.15) is 11.5 Å². The van der Waals surface area contributed by atoms with Crippen LogP contribution in [0.3, 0.4) is 0 Å². The lowest BCUT2D eigenvalue weighted by Gasteiger charge is -2.21. The van der Waals surface area contributed by atoms with Gasteiger partial charge >= 0.3 is 0 Å². The summed E-state index contributed by atoms with van der Waals surface area (Å²) < 4.78 is 5.91. The molecule has 1 aliphatic carbocycles. The number of hydrogen-bond acceptors (Lipinski definition) is 7. The van der Waals surface area contributed by atoms with E-state index in [1.807, 2.05) is 37.4 Å². The topological polar surface area (TPSA) is 113 Å². The normalized spacial score (nSPS) is 13.0. The van der Waals surface area contributed by atoms with E-state index in [1.54, 1.807) is 24.3 Å². The Morgan fingerprint density at radius 1 is 0.944 bits per heavy atom. The van der Waals surface area contributed by atoms with Crippen LogP contribution in [0.15, 0.2) is 54.6 Å². The Morgan fingerprint density at radius 2 is 1.56 bits per heavy atom. The molecule has 0 aromatic heterocycles. The molecule has 188 valence electrons. The van der Waals surface area contributed by atoms with E-state index in [4.69, 9.17) is 10.5 Å². The van der Waals surface area contributed by atoms with Crippen LogP contribution in [-0.2, 0) is 6.42 Å². The van der Waals surface area contributed by atoms with E-state index in [0.29, 0.717) is 5.75 Å². The first-order valence-corrected chi connectivity index (χ1v) is 15.2. The van der Waals surface area contributed by atoms with Crippen molar-refractivity contribution in [1.82, 2.24) is 4.90 Å². The van der Waals surface area contributed by atoms with Crippen molar-refractivity contribution in [2.75, 3.05) is 25.9 Å². The molecule has 0 unspecified atom stereocenters. The fourth-order valence-corrected chi connectivity index (χ4v) is 5.45. The summed E-state index contributed by atoms with van der Waals surface area (Å²) in [5, 5.41) is 10.6. The fraction of sp³-hybridized carbons (Fsp3) is 0.286. The van der Waals surface area contributed by atoms with E-state index in [1.165, 1.54) is 6.07 Å². The van der Waals surface area contributed by atoms with E-state index in [2.05, 4.69) is 11.9 Å². The minimum Gasteiger partial charge on any atom is -0.507 e. The maximum atomic E-state index is 13.1. The third-order valence-electron chi connectivity index (χ3n) is 6.44. The Labute approximate surface area is 212 Å². The van der Waals surface area contributed by atoms with Crippen LogP contribution in [0.1, 0.15) is 43.8 Å². The van der Waals surface area contributed by atoms with Crippen LogP contribution >= 0.6 is 0 Å². The summed E-state index contributed by atoms with van der Waals surface area (Å²) in [5.41, 5.74) is 7.84. The molecule has 36 heavy (non-hydrogen) atoms. The van der Waals surface area contributed by atoms with E-state index in [9.17, 15) is 19.5 Å². The number of benzene rings is 3. The van der Waals surface area contributed by atoms with E-state index < -0.39 is 19.9 Å². The molecule has 0 fully saturated rings. The molecular formula is C28H32N2O5Si. The van der Waals surface area contributed by atoms with Crippen molar-refractivity contribution in [3.05, 3.63) is 82.4 Å². The standard InChI is InChI=1S/C28H32N2O5Si/c1-30(14-6-16-36(2,3)34)15-13-18-9-11-19(12-10-18)35-23-17-22(31)24-25(26(23)29)28(33)21-8-5-4-7-20(21)27(24)32/h4-5,7-12,17,31,34H,6,13-16,29H2,1-3H3. The molecule has 4 N–H and O–H groups in total. The van der Waals surface area contributed by atoms with Gasteiger partial charge in [0.05, 0.1) is 16.8 Å². The lowest BCUT2D eigenvalue weighted by atomic mass is 9.82. The van der Waals surface area contributed by atoms with Gasteiger partial charge < -0.3 is 25.3 Å². The highest BCUT2D eigenvalue weighted by atomic mass is 28.4. The number of aromatic hydroxyl groups is 1. The van der Waals surface area contributed by atoms with Gasteiger partial charge in [0.15, 0.2) is 25.6 Å². The van der Waals surface area contributed by atoms with Gasteiger partial charge in [0.2, 0.25) is 0 Å². The number of nitrogens with zero attached hydrogens (tertiary/aromatic N) is 1. The molecule has 1 aliphatic rings. The number of anilines is 1. The van der Waals surface area contributed by atoms with Gasteiger partial charge in [-0.25, -0.2) is 0 Å². The predicted octanol–water partition coefficient (Wildman–Crippen LogP) is 4.60. The quantitative estimate of drug-likeness (QED) is 0.173. The Kier molecular flexibility index (Phi) is 7.30. The first kappa shape index (κ1) is 25.6. The van der Waals surface area contributed by atoms with Gasteiger partial charge in [-0.1, -0.05) is 36.4 Å². The number of hydrogen-bond donors (Lipinski definition) is 3. The van der Waals surface area contributed by atoms with Crippen molar-refractivity contribution in [1.29, 1.82) is 0 Å². The lowest BCUT2D eigenvalue weighted by molar-refractivity contribution is 0.0977. The molecule has 0 saturated heterocycles. The Hall–Kier alpha value is -3.46. The Bertz CT molecular complexity index is 1300. The molecule has 0 atom stereocenters. The third kappa shape index (κ3) is 5.51. The number of nitrogens with two attached hydrogens (primary N) is 1. The van der Waals surface area contributed by atoms with Crippen LogP contribution in [0.2, 0.25) is 19.1 Å². The van der Waals surface area contributed by atoms with E-state index >= 15 is 0 Å². The Balaban J connectivity index is 1.45. The first-order chi connectivity index (χ1) is 17.0. The van der Waals surface area contributed by atoms with Crippen LogP contribution in [0.5, 0.6) is 17.2 Å². The number of fused-ring (bicyclic) bond motifs is 2. The molecule has 8 heteroatoms. The van der Waals surface area contributed by atoms with Crippen LogP contribution in [-0.4, -0.2) is 54.8 Å². The predicted molar refractivity (Wildman–Crippen MR) is 143 cm³/mol. The molecule has 7 nitrogen and oxygen atoms in total. The van der Waals surface area contributed by atoms with Crippen LogP contribution in [0.25, 0.3) is 0 Å². The summed E-state index contributed by atoms with van der Waals surface area (Å²) in [4.78, 5) is 38.3. The molecule has 0 bridgehead atoms. The van der Waals surface area contributed by atoms with Crippen molar-refractivity contribution in [3.8, 4) is 17.2 Å². The first-order valence-electron chi connectivity index (χ1n) is 12.1. The number of phenolic OH excluding ortho intramolecular Hbond substituents is 1. The SMILES string of the molecule is CN(CCC[Si](C)(C)O)CCc1ccc(Oc2cc(O)c3c(c2N)C(=O)c2ccccc2C3=O)cc1. The zero-order chi connectivity index (χ0) is 26.0. The molecular weight excluding hydrogens is 472 g/mol. The monoisotopic (exact) mass is 504 g/mol. The summed E-state index contributed by atoms with van der Waals surface area (Å²) >= 11 is 0. The molecule has 0 spiro atoms.